The Hall–Kier alpha value is -2.41. The average molecular weight is 362 g/mol. The first-order valence-corrected chi connectivity index (χ1v) is 8.79. The zero-order valence-electron chi connectivity index (χ0n) is 13.2. The first-order chi connectivity index (χ1) is 12.0. The van der Waals surface area contributed by atoms with Gasteiger partial charge in [0.25, 0.3) is 5.91 Å². The van der Waals surface area contributed by atoms with Gasteiger partial charge < -0.3 is 10.6 Å². The number of hydrogen-bond acceptors (Lipinski definition) is 3. The zero-order chi connectivity index (χ0) is 17.8. The molecule has 0 aromatic heterocycles. The van der Waals surface area contributed by atoms with Crippen molar-refractivity contribution in [2.45, 2.75) is 23.8 Å². The van der Waals surface area contributed by atoms with Gasteiger partial charge in [-0.3, -0.25) is 9.59 Å². The predicted octanol–water partition coefficient (Wildman–Crippen LogP) is 3.59. The van der Waals surface area contributed by atoms with Gasteiger partial charge in [-0.15, -0.1) is 11.8 Å². The molecule has 1 fully saturated rings. The Morgan fingerprint density at radius 2 is 1.84 bits per heavy atom. The van der Waals surface area contributed by atoms with Gasteiger partial charge >= 0.3 is 0 Å². The smallest absolute Gasteiger partial charge is 0.253 e. The normalized spacial score (nSPS) is 13.4. The number of anilines is 1. The molecule has 1 aliphatic rings. The van der Waals surface area contributed by atoms with Crippen LogP contribution in [0.5, 0.6) is 0 Å². The Morgan fingerprint density at radius 3 is 2.56 bits per heavy atom. The van der Waals surface area contributed by atoms with Gasteiger partial charge in [0.1, 0.15) is 0 Å². The lowest BCUT2D eigenvalue weighted by Gasteiger charge is -2.11. The molecule has 0 heterocycles. The van der Waals surface area contributed by atoms with Gasteiger partial charge in [0.2, 0.25) is 5.91 Å². The van der Waals surface area contributed by atoms with Crippen LogP contribution in [0.1, 0.15) is 23.2 Å². The van der Waals surface area contributed by atoms with Gasteiger partial charge in [0.15, 0.2) is 11.6 Å². The number of para-hydroxylation sites is 1. The van der Waals surface area contributed by atoms with E-state index >= 15 is 0 Å². The number of carbonyl (C=O) groups is 2. The fourth-order valence-corrected chi connectivity index (χ4v) is 2.90. The number of benzene rings is 2. The maximum Gasteiger partial charge on any atom is 0.253 e. The zero-order valence-corrected chi connectivity index (χ0v) is 14.0. The molecule has 2 amide bonds. The van der Waals surface area contributed by atoms with E-state index in [1.165, 1.54) is 6.07 Å². The number of halogens is 2. The largest absolute Gasteiger partial charge is 0.349 e. The monoisotopic (exact) mass is 362 g/mol. The van der Waals surface area contributed by atoms with Crippen molar-refractivity contribution in [3.8, 4) is 0 Å². The minimum atomic E-state index is -0.951. The molecule has 130 valence electrons. The Labute approximate surface area is 148 Å². The second-order valence-electron chi connectivity index (χ2n) is 5.71. The summed E-state index contributed by atoms with van der Waals surface area (Å²) >= 11 is 1.09. The molecule has 0 saturated heterocycles. The van der Waals surface area contributed by atoms with E-state index in [-0.39, 0.29) is 23.6 Å². The summed E-state index contributed by atoms with van der Waals surface area (Å²) in [5.41, 5.74) is 0.831. The van der Waals surface area contributed by atoms with Crippen molar-refractivity contribution in [3.63, 3.8) is 0 Å². The quantitative estimate of drug-likeness (QED) is 0.772. The number of nitrogens with one attached hydrogen (secondary N) is 2. The van der Waals surface area contributed by atoms with Gasteiger partial charge in [-0.25, -0.2) is 8.78 Å². The molecule has 0 bridgehead atoms. The standard InChI is InChI=1S/C18H16F2N2O2S/c19-14-8-7-12(9-15(14)20)25-10-17(23)22-16-4-2-1-3-13(16)18(24)21-11-5-6-11/h1-4,7-9,11H,5-6,10H2,(H,21,24)(H,22,23). The number of hydrogen-bond donors (Lipinski definition) is 2. The van der Waals surface area contributed by atoms with E-state index in [9.17, 15) is 18.4 Å². The molecular weight excluding hydrogens is 346 g/mol. The molecule has 3 rings (SSSR count). The minimum absolute atomic E-state index is 0.0175. The summed E-state index contributed by atoms with van der Waals surface area (Å²) in [4.78, 5) is 24.8. The van der Waals surface area contributed by atoms with E-state index in [0.717, 1.165) is 36.7 Å². The number of amides is 2. The summed E-state index contributed by atoms with van der Waals surface area (Å²) in [6, 6.07) is 10.5. The number of thioether (sulfide) groups is 1. The summed E-state index contributed by atoms with van der Waals surface area (Å²) in [5.74, 6) is -2.41. The lowest BCUT2D eigenvalue weighted by Crippen LogP contribution is -2.27. The van der Waals surface area contributed by atoms with E-state index in [4.69, 9.17) is 0 Å². The highest BCUT2D eigenvalue weighted by atomic mass is 32.2. The van der Waals surface area contributed by atoms with Gasteiger partial charge in [-0.05, 0) is 43.2 Å². The van der Waals surface area contributed by atoms with Gasteiger partial charge in [-0.1, -0.05) is 12.1 Å². The van der Waals surface area contributed by atoms with Crippen molar-refractivity contribution < 1.29 is 18.4 Å². The Morgan fingerprint density at radius 1 is 1.08 bits per heavy atom. The minimum Gasteiger partial charge on any atom is -0.349 e. The highest BCUT2D eigenvalue weighted by Crippen LogP contribution is 2.23. The Kier molecular flexibility index (Phi) is 5.33. The van der Waals surface area contributed by atoms with Crippen LogP contribution in [0.15, 0.2) is 47.4 Å². The van der Waals surface area contributed by atoms with Gasteiger partial charge in [-0.2, -0.15) is 0 Å². The molecule has 7 heteroatoms. The molecule has 4 nitrogen and oxygen atoms in total. The summed E-state index contributed by atoms with van der Waals surface area (Å²) < 4.78 is 26.1. The lowest BCUT2D eigenvalue weighted by atomic mass is 10.1. The second kappa shape index (κ2) is 7.65. The summed E-state index contributed by atoms with van der Waals surface area (Å²) in [6.45, 7) is 0. The van der Waals surface area contributed by atoms with Crippen molar-refractivity contribution in [2.75, 3.05) is 11.1 Å². The van der Waals surface area contributed by atoms with Crippen LogP contribution >= 0.6 is 11.8 Å². The van der Waals surface area contributed by atoms with E-state index < -0.39 is 11.6 Å². The molecule has 0 unspecified atom stereocenters. The number of carbonyl (C=O) groups excluding carboxylic acids is 2. The van der Waals surface area contributed by atoms with Crippen molar-refractivity contribution in [3.05, 3.63) is 59.7 Å². The van der Waals surface area contributed by atoms with Crippen molar-refractivity contribution >= 4 is 29.3 Å². The Bertz CT molecular complexity index is 809. The maximum absolute atomic E-state index is 13.2. The summed E-state index contributed by atoms with van der Waals surface area (Å²) in [5, 5.41) is 5.57. The predicted molar refractivity (Wildman–Crippen MR) is 92.6 cm³/mol. The molecule has 1 saturated carbocycles. The molecule has 0 radical (unpaired) electrons. The first kappa shape index (κ1) is 17.4. The van der Waals surface area contributed by atoms with Gasteiger partial charge in [0.05, 0.1) is 17.0 Å². The van der Waals surface area contributed by atoms with Crippen molar-refractivity contribution in [2.24, 2.45) is 0 Å². The molecule has 2 aromatic rings. The molecule has 0 spiro atoms. The van der Waals surface area contributed by atoms with Crippen LogP contribution < -0.4 is 10.6 Å². The fourth-order valence-electron chi connectivity index (χ4n) is 2.18. The van der Waals surface area contributed by atoms with Gasteiger partial charge in [0, 0.05) is 10.9 Å². The highest BCUT2D eigenvalue weighted by molar-refractivity contribution is 8.00. The Balaban J connectivity index is 1.60. The van der Waals surface area contributed by atoms with Crippen LogP contribution in [-0.4, -0.2) is 23.6 Å². The average Bonchev–Trinajstić information content (AvgIpc) is 3.40. The fraction of sp³-hybridized carbons (Fsp3) is 0.222. The molecular formula is C18H16F2N2O2S. The maximum atomic E-state index is 13.2. The van der Waals surface area contributed by atoms with Crippen LogP contribution in [0.3, 0.4) is 0 Å². The molecule has 25 heavy (non-hydrogen) atoms. The second-order valence-corrected chi connectivity index (χ2v) is 6.75. The molecule has 0 aliphatic heterocycles. The van der Waals surface area contributed by atoms with Crippen LogP contribution in [-0.2, 0) is 4.79 Å². The molecule has 2 N–H and O–H groups in total. The first-order valence-electron chi connectivity index (χ1n) is 7.80. The van der Waals surface area contributed by atoms with E-state index in [0.29, 0.717) is 16.1 Å². The third-order valence-corrected chi connectivity index (χ3v) is 4.61. The molecule has 1 aliphatic carbocycles. The van der Waals surface area contributed by atoms with E-state index in [2.05, 4.69) is 10.6 Å². The van der Waals surface area contributed by atoms with Crippen LogP contribution in [0.4, 0.5) is 14.5 Å². The van der Waals surface area contributed by atoms with Crippen LogP contribution in [0.25, 0.3) is 0 Å². The summed E-state index contributed by atoms with van der Waals surface area (Å²) in [7, 11) is 0. The van der Waals surface area contributed by atoms with E-state index in [1.54, 1.807) is 24.3 Å². The topological polar surface area (TPSA) is 58.2 Å². The highest BCUT2D eigenvalue weighted by Gasteiger charge is 2.25. The van der Waals surface area contributed by atoms with Crippen molar-refractivity contribution in [1.29, 1.82) is 0 Å². The summed E-state index contributed by atoms with van der Waals surface area (Å²) in [6.07, 6.45) is 1.95. The van der Waals surface area contributed by atoms with E-state index in [1.807, 2.05) is 0 Å². The van der Waals surface area contributed by atoms with Crippen molar-refractivity contribution in [1.82, 2.24) is 5.32 Å². The number of rotatable bonds is 6. The van der Waals surface area contributed by atoms with Crippen LogP contribution in [0.2, 0.25) is 0 Å². The third-order valence-electron chi connectivity index (χ3n) is 3.62. The SMILES string of the molecule is O=C(CSc1ccc(F)c(F)c1)Nc1ccccc1C(=O)NC1CC1. The third kappa shape index (κ3) is 4.79. The lowest BCUT2D eigenvalue weighted by molar-refractivity contribution is -0.113. The molecule has 0 atom stereocenters. The van der Waals surface area contributed by atoms with Crippen LogP contribution in [0, 0.1) is 11.6 Å². The molecule has 2 aromatic carbocycles.